The van der Waals surface area contributed by atoms with Crippen molar-refractivity contribution in [2.24, 2.45) is 0 Å². The molecule has 0 saturated heterocycles. The van der Waals surface area contributed by atoms with Gasteiger partial charge in [0.15, 0.2) is 0 Å². The lowest BCUT2D eigenvalue weighted by Crippen LogP contribution is -2.29. The Balaban J connectivity index is 2.10. The molecule has 0 atom stereocenters. The van der Waals surface area contributed by atoms with Crippen molar-refractivity contribution in [3.05, 3.63) is 48.7 Å². The highest BCUT2D eigenvalue weighted by molar-refractivity contribution is 7.89. The number of ether oxygens (including phenoxy) is 1. The Kier molecular flexibility index (Phi) is 4.51. The van der Waals surface area contributed by atoms with Gasteiger partial charge in [-0.05, 0) is 18.2 Å². The number of carbonyl (C=O) groups is 1. The number of nitrogens with one attached hydrogen (secondary N) is 1. The predicted molar refractivity (Wildman–Crippen MR) is 73.6 cm³/mol. The van der Waals surface area contributed by atoms with Crippen molar-refractivity contribution in [2.45, 2.75) is 4.90 Å². The predicted octanol–water partition coefficient (Wildman–Crippen LogP) is 1.24. The van der Waals surface area contributed by atoms with Crippen LogP contribution in [0.4, 0.5) is 0 Å². The number of aromatic nitrogens is 1. The van der Waals surface area contributed by atoms with E-state index in [-0.39, 0.29) is 10.8 Å². The van der Waals surface area contributed by atoms with Crippen LogP contribution >= 0.6 is 0 Å². The topological polar surface area (TPSA) is 106 Å². The van der Waals surface area contributed by atoms with E-state index in [0.29, 0.717) is 5.75 Å². The second kappa shape index (κ2) is 6.33. The van der Waals surface area contributed by atoms with Crippen molar-refractivity contribution in [1.82, 2.24) is 9.71 Å². The fraction of sp³-hybridized carbons (Fsp3) is 0.0769. The summed E-state index contributed by atoms with van der Waals surface area (Å²) < 4.78 is 30.9. The molecule has 0 saturated carbocycles. The number of hydrogen-bond acceptors (Lipinski definition) is 5. The molecule has 0 radical (unpaired) electrons. The summed E-state index contributed by atoms with van der Waals surface area (Å²) in [5.74, 6) is -0.460. The van der Waals surface area contributed by atoms with Crippen LogP contribution in [0.5, 0.6) is 11.6 Å². The number of rotatable bonds is 6. The van der Waals surface area contributed by atoms with Gasteiger partial charge in [-0.1, -0.05) is 18.2 Å². The second-order valence-electron chi connectivity index (χ2n) is 3.97. The Morgan fingerprint density at radius 2 is 1.90 bits per heavy atom. The van der Waals surface area contributed by atoms with Gasteiger partial charge in [0, 0.05) is 6.07 Å². The first-order chi connectivity index (χ1) is 9.97. The summed E-state index contributed by atoms with van der Waals surface area (Å²) in [4.78, 5) is 14.1. The average molecular weight is 308 g/mol. The number of hydrogen-bond donors (Lipinski definition) is 2. The molecule has 0 aliphatic heterocycles. The van der Waals surface area contributed by atoms with Crippen LogP contribution in [0.15, 0.2) is 53.6 Å². The normalized spacial score (nSPS) is 11.0. The van der Waals surface area contributed by atoms with E-state index in [1.54, 1.807) is 24.3 Å². The van der Waals surface area contributed by atoms with Crippen LogP contribution < -0.4 is 9.46 Å². The Bertz CT molecular complexity index is 714. The number of benzene rings is 1. The quantitative estimate of drug-likeness (QED) is 0.831. The molecule has 1 aromatic carbocycles. The zero-order valence-electron chi connectivity index (χ0n) is 10.8. The van der Waals surface area contributed by atoms with Gasteiger partial charge in [0.1, 0.15) is 17.2 Å². The van der Waals surface area contributed by atoms with Crippen LogP contribution in [0.3, 0.4) is 0 Å². The van der Waals surface area contributed by atoms with Gasteiger partial charge in [-0.25, -0.2) is 13.4 Å². The number of nitrogens with zero attached hydrogens (tertiary/aromatic N) is 1. The lowest BCUT2D eigenvalue weighted by atomic mass is 10.3. The molecule has 0 amide bonds. The summed E-state index contributed by atoms with van der Waals surface area (Å²) >= 11 is 0. The highest BCUT2D eigenvalue weighted by Gasteiger charge is 2.15. The van der Waals surface area contributed by atoms with Gasteiger partial charge >= 0.3 is 5.97 Å². The molecule has 8 heteroatoms. The molecular formula is C13H12N2O5S. The highest BCUT2D eigenvalue weighted by atomic mass is 32.2. The molecule has 21 heavy (non-hydrogen) atoms. The molecule has 110 valence electrons. The second-order valence-corrected chi connectivity index (χ2v) is 5.73. The lowest BCUT2D eigenvalue weighted by Gasteiger charge is -2.06. The summed E-state index contributed by atoms with van der Waals surface area (Å²) in [6.45, 7) is -0.690. The lowest BCUT2D eigenvalue weighted by molar-refractivity contribution is -0.135. The average Bonchev–Trinajstić information content (AvgIpc) is 2.47. The first kappa shape index (κ1) is 14.9. The van der Waals surface area contributed by atoms with E-state index >= 15 is 0 Å². The molecule has 0 unspecified atom stereocenters. The van der Waals surface area contributed by atoms with E-state index in [2.05, 4.69) is 4.98 Å². The van der Waals surface area contributed by atoms with Crippen molar-refractivity contribution in [2.75, 3.05) is 6.54 Å². The fourth-order valence-corrected chi connectivity index (χ4v) is 2.35. The molecule has 0 fully saturated rings. The first-order valence-corrected chi connectivity index (χ1v) is 7.36. The van der Waals surface area contributed by atoms with Crippen molar-refractivity contribution < 1.29 is 23.1 Å². The molecule has 0 spiro atoms. The summed E-state index contributed by atoms with van der Waals surface area (Å²) in [7, 11) is -3.89. The van der Waals surface area contributed by atoms with E-state index in [9.17, 15) is 13.2 Å². The summed E-state index contributed by atoms with van der Waals surface area (Å²) in [6, 6.07) is 11.6. The van der Waals surface area contributed by atoms with Gasteiger partial charge in [-0.2, -0.15) is 4.72 Å². The maximum absolute atomic E-state index is 11.8. The van der Waals surface area contributed by atoms with Gasteiger partial charge in [0.2, 0.25) is 15.9 Å². The third-order valence-corrected chi connectivity index (χ3v) is 3.79. The number of pyridine rings is 1. The van der Waals surface area contributed by atoms with Gasteiger partial charge in [0.25, 0.3) is 0 Å². The molecular weight excluding hydrogens is 296 g/mol. The van der Waals surface area contributed by atoms with Gasteiger partial charge < -0.3 is 9.84 Å². The van der Waals surface area contributed by atoms with Gasteiger partial charge in [-0.3, -0.25) is 4.79 Å². The number of sulfonamides is 1. The molecule has 0 bridgehead atoms. The number of carboxylic acids is 1. The van der Waals surface area contributed by atoms with Crippen LogP contribution in [0.2, 0.25) is 0 Å². The smallest absolute Gasteiger partial charge is 0.318 e. The van der Waals surface area contributed by atoms with Gasteiger partial charge in [-0.15, -0.1) is 0 Å². The molecule has 0 aliphatic rings. The van der Waals surface area contributed by atoms with Crippen molar-refractivity contribution >= 4 is 16.0 Å². The van der Waals surface area contributed by atoms with E-state index in [1.807, 2.05) is 10.8 Å². The van der Waals surface area contributed by atoms with Crippen molar-refractivity contribution in [3.8, 4) is 11.6 Å². The third-order valence-electron chi connectivity index (χ3n) is 2.40. The Labute approximate surface area is 121 Å². The standard InChI is InChI=1S/C13H12N2O5S/c16-13(17)9-15-21(18,19)11-6-7-12(14-8-11)20-10-4-2-1-3-5-10/h1-8,15H,9H2,(H,16,17). The molecule has 2 N–H and O–H groups in total. The SMILES string of the molecule is O=C(O)CNS(=O)(=O)c1ccc(Oc2ccccc2)nc1. The Morgan fingerprint density at radius 3 is 2.48 bits per heavy atom. The molecule has 2 rings (SSSR count). The van der Waals surface area contributed by atoms with Crippen LogP contribution in [0.25, 0.3) is 0 Å². The summed E-state index contributed by atoms with van der Waals surface area (Å²) in [5.41, 5.74) is 0. The minimum absolute atomic E-state index is 0.135. The zero-order chi connectivity index (χ0) is 15.3. The fourth-order valence-electron chi connectivity index (χ4n) is 1.44. The number of aliphatic carboxylic acids is 1. The third kappa shape index (κ3) is 4.26. The van der Waals surface area contributed by atoms with Crippen LogP contribution in [-0.2, 0) is 14.8 Å². The first-order valence-electron chi connectivity index (χ1n) is 5.88. The number of carboxylic acid groups (broad SMARTS) is 1. The largest absolute Gasteiger partial charge is 0.480 e. The van der Waals surface area contributed by atoms with Crippen LogP contribution in [0, 0.1) is 0 Å². The molecule has 0 aliphatic carbocycles. The Hall–Kier alpha value is -2.45. The zero-order valence-corrected chi connectivity index (χ0v) is 11.6. The molecule has 7 nitrogen and oxygen atoms in total. The monoisotopic (exact) mass is 308 g/mol. The van der Waals surface area contributed by atoms with E-state index < -0.39 is 22.5 Å². The van der Waals surface area contributed by atoms with Crippen molar-refractivity contribution in [1.29, 1.82) is 0 Å². The molecule has 1 aromatic heterocycles. The van der Waals surface area contributed by atoms with Crippen molar-refractivity contribution in [3.63, 3.8) is 0 Å². The minimum atomic E-state index is -3.89. The molecule has 2 aromatic rings. The summed E-state index contributed by atoms with van der Waals surface area (Å²) in [6.07, 6.45) is 1.10. The van der Waals surface area contributed by atoms with E-state index in [4.69, 9.17) is 9.84 Å². The Morgan fingerprint density at radius 1 is 1.19 bits per heavy atom. The minimum Gasteiger partial charge on any atom is -0.480 e. The van der Waals surface area contributed by atoms with E-state index in [0.717, 1.165) is 6.20 Å². The van der Waals surface area contributed by atoms with E-state index in [1.165, 1.54) is 12.1 Å². The van der Waals surface area contributed by atoms with Crippen LogP contribution in [-0.4, -0.2) is 31.0 Å². The number of para-hydroxylation sites is 1. The van der Waals surface area contributed by atoms with Gasteiger partial charge in [0.05, 0.1) is 6.20 Å². The summed E-state index contributed by atoms with van der Waals surface area (Å²) in [5, 5.41) is 8.47. The maximum atomic E-state index is 11.8. The molecule has 1 heterocycles. The van der Waals surface area contributed by atoms with Crippen LogP contribution in [0.1, 0.15) is 0 Å². The highest BCUT2D eigenvalue weighted by Crippen LogP contribution is 2.19. The maximum Gasteiger partial charge on any atom is 0.318 e.